The van der Waals surface area contributed by atoms with Crippen LogP contribution < -0.4 is 11.1 Å². The molecule has 0 aromatic carbocycles. The van der Waals surface area contributed by atoms with Crippen molar-refractivity contribution < 1.29 is 9.72 Å². The number of hydrogen-bond acceptors (Lipinski definition) is 5. The zero-order chi connectivity index (χ0) is 14.5. The van der Waals surface area contributed by atoms with Gasteiger partial charge in [-0.2, -0.15) is 0 Å². The quantitative estimate of drug-likeness (QED) is 0.645. The van der Waals surface area contributed by atoms with Crippen LogP contribution in [0.15, 0.2) is 12.3 Å². The van der Waals surface area contributed by atoms with Crippen LogP contribution >= 0.6 is 0 Å². The summed E-state index contributed by atoms with van der Waals surface area (Å²) in [5.41, 5.74) is 5.14. The van der Waals surface area contributed by atoms with E-state index >= 15 is 0 Å². The van der Waals surface area contributed by atoms with Gasteiger partial charge in [-0.05, 0) is 24.8 Å². The Morgan fingerprint density at radius 2 is 2.15 bits per heavy atom. The zero-order valence-corrected chi connectivity index (χ0v) is 11.2. The molecule has 7 nitrogen and oxygen atoms in total. The molecule has 1 aromatic rings. The summed E-state index contributed by atoms with van der Waals surface area (Å²) in [5.74, 6) is 0.0979. The largest absolute Gasteiger partial charge is 0.384 e. The fourth-order valence-electron chi connectivity index (χ4n) is 2.52. The predicted molar refractivity (Wildman–Crippen MR) is 74.2 cm³/mol. The van der Waals surface area contributed by atoms with Crippen LogP contribution in [-0.4, -0.2) is 22.4 Å². The number of pyridine rings is 1. The van der Waals surface area contributed by atoms with Gasteiger partial charge in [-0.25, -0.2) is 4.98 Å². The number of hydrogen-bond donors (Lipinski definition) is 2. The molecule has 1 aliphatic rings. The smallest absolute Gasteiger partial charge is 0.300 e. The van der Waals surface area contributed by atoms with Gasteiger partial charge in [-0.1, -0.05) is 19.3 Å². The van der Waals surface area contributed by atoms with Crippen molar-refractivity contribution in [2.24, 2.45) is 5.92 Å². The fourth-order valence-corrected chi connectivity index (χ4v) is 2.52. The van der Waals surface area contributed by atoms with E-state index in [0.717, 1.165) is 19.0 Å². The van der Waals surface area contributed by atoms with Crippen LogP contribution in [0, 0.1) is 16.0 Å². The van der Waals surface area contributed by atoms with E-state index in [1.807, 2.05) is 0 Å². The second-order valence-electron chi connectivity index (χ2n) is 5.10. The third-order valence-corrected chi connectivity index (χ3v) is 3.62. The second kappa shape index (κ2) is 6.31. The van der Waals surface area contributed by atoms with Gasteiger partial charge in [0.25, 0.3) is 11.6 Å². The highest BCUT2D eigenvalue weighted by atomic mass is 16.6. The van der Waals surface area contributed by atoms with Crippen molar-refractivity contribution in [3.63, 3.8) is 0 Å². The number of carbonyl (C=O) groups excluding carboxylic acids is 1. The van der Waals surface area contributed by atoms with E-state index in [4.69, 9.17) is 5.73 Å². The Balaban J connectivity index is 2.04. The molecule has 1 heterocycles. The van der Waals surface area contributed by atoms with Crippen LogP contribution in [0.25, 0.3) is 0 Å². The molecule has 0 atom stereocenters. The summed E-state index contributed by atoms with van der Waals surface area (Å²) in [5, 5.41) is 13.7. The monoisotopic (exact) mass is 278 g/mol. The molecular weight excluding hydrogens is 260 g/mol. The number of rotatable bonds is 4. The van der Waals surface area contributed by atoms with E-state index in [0.29, 0.717) is 12.5 Å². The Kier molecular flexibility index (Phi) is 4.49. The number of nitrogen functional groups attached to an aromatic ring is 1. The lowest BCUT2D eigenvalue weighted by Crippen LogP contribution is -2.30. The highest BCUT2D eigenvalue weighted by Gasteiger charge is 2.22. The molecule has 3 N–H and O–H groups in total. The van der Waals surface area contributed by atoms with Gasteiger partial charge in [0.1, 0.15) is 17.6 Å². The fraction of sp³-hybridized carbons (Fsp3) is 0.538. The molecule has 1 aliphatic carbocycles. The van der Waals surface area contributed by atoms with Crippen molar-refractivity contribution >= 4 is 17.4 Å². The summed E-state index contributed by atoms with van der Waals surface area (Å²) >= 11 is 0. The van der Waals surface area contributed by atoms with Gasteiger partial charge in [0.15, 0.2) is 0 Å². The van der Waals surface area contributed by atoms with E-state index in [9.17, 15) is 14.9 Å². The van der Waals surface area contributed by atoms with Gasteiger partial charge >= 0.3 is 0 Å². The van der Waals surface area contributed by atoms with Crippen LogP contribution in [0.1, 0.15) is 42.5 Å². The molecule has 2 rings (SSSR count). The maximum absolute atomic E-state index is 12.1. The Bertz CT molecular complexity index is 512. The van der Waals surface area contributed by atoms with Crippen molar-refractivity contribution in [1.29, 1.82) is 0 Å². The lowest BCUT2D eigenvalue weighted by Gasteiger charge is -2.21. The third kappa shape index (κ3) is 3.43. The van der Waals surface area contributed by atoms with Gasteiger partial charge in [-0.3, -0.25) is 14.9 Å². The Hall–Kier alpha value is -2.18. The molecule has 1 saturated carbocycles. The summed E-state index contributed by atoms with van der Waals surface area (Å²) in [6, 6.07) is 1.24. The molecule has 0 saturated heterocycles. The first kappa shape index (κ1) is 14.2. The van der Waals surface area contributed by atoms with E-state index in [1.54, 1.807) is 0 Å². The van der Waals surface area contributed by atoms with Crippen molar-refractivity contribution in [1.82, 2.24) is 10.3 Å². The molecule has 0 spiro atoms. The molecule has 0 unspecified atom stereocenters. The minimum Gasteiger partial charge on any atom is -0.384 e. The second-order valence-corrected chi connectivity index (χ2v) is 5.10. The predicted octanol–water partition coefficient (Wildman–Crippen LogP) is 1.88. The number of nitrogens with two attached hydrogens (primary N) is 1. The van der Waals surface area contributed by atoms with Gasteiger partial charge < -0.3 is 11.1 Å². The molecular formula is C13H18N4O3. The molecule has 0 radical (unpaired) electrons. The highest BCUT2D eigenvalue weighted by Crippen LogP contribution is 2.23. The topological polar surface area (TPSA) is 111 Å². The summed E-state index contributed by atoms with van der Waals surface area (Å²) in [6.45, 7) is 0.554. The maximum atomic E-state index is 12.1. The number of nitrogens with zero attached hydrogens (tertiary/aromatic N) is 2. The minimum absolute atomic E-state index is 0.0293. The number of nitro groups is 1. The number of amides is 1. The van der Waals surface area contributed by atoms with Crippen LogP contribution in [0.5, 0.6) is 0 Å². The number of aromatic nitrogens is 1. The number of nitrogens with one attached hydrogen (secondary N) is 1. The van der Waals surface area contributed by atoms with Crippen LogP contribution in [-0.2, 0) is 0 Å². The summed E-state index contributed by atoms with van der Waals surface area (Å²) in [4.78, 5) is 26.0. The van der Waals surface area contributed by atoms with E-state index < -0.39 is 10.8 Å². The van der Waals surface area contributed by atoms with E-state index in [-0.39, 0.29) is 17.1 Å². The highest BCUT2D eigenvalue weighted by molar-refractivity contribution is 5.98. The average Bonchev–Trinajstić information content (AvgIpc) is 2.45. The zero-order valence-electron chi connectivity index (χ0n) is 11.2. The maximum Gasteiger partial charge on any atom is 0.300 e. The van der Waals surface area contributed by atoms with Crippen molar-refractivity contribution in [3.8, 4) is 0 Å². The van der Waals surface area contributed by atoms with Crippen molar-refractivity contribution in [2.45, 2.75) is 32.1 Å². The molecule has 1 fully saturated rings. The van der Waals surface area contributed by atoms with Gasteiger partial charge in [0.05, 0.1) is 4.92 Å². The van der Waals surface area contributed by atoms with E-state index in [2.05, 4.69) is 10.3 Å². The first-order valence-corrected chi connectivity index (χ1v) is 6.76. The average molecular weight is 278 g/mol. The standard InChI is InChI=1S/C13H18N4O3/c14-12-6-10(11(8-15-12)17(19)20)13(18)16-7-9-4-2-1-3-5-9/h6,8-9H,1-5,7H2,(H2,14,15)(H,16,18). The molecule has 20 heavy (non-hydrogen) atoms. The Morgan fingerprint density at radius 1 is 1.45 bits per heavy atom. The molecule has 0 bridgehead atoms. The normalized spacial score (nSPS) is 15.8. The lowest BCUT2D eigenvalue weighted by molar-refractivity contribution is -0.385. The summed E-state index contributed by atoms with van der Waals surface area (Å²) in [6.07, 6.45) is 6.83. The third-order valence-electron chi connectivity index (χ3n) is 3.62. The first-order valence-electron chi connectivity index (χ1n) is 6.76. The molecule has 0 aliphatic heterocycles. The molecule has 1 aromatic heterocycles. The van der Waals surface area contributed by atoms with Gasteiger partial charge in [-0.15, -0.1) is 0 Å². The van der Waals surface area contributed by atoms with Crippen molar-refractivity contribution in [2.75, 3.05) is 12.3 Å². The number of carbonyl (C=O) groups is 1. The van der Waals surface area contributed by atoms with Crippen molar-refractivity contribution in [3.05, 3.63) is 27.9 Å². The van der Waals surface area contributed by atoms with Crippen LogP contribution in [0.4, 0.5) is 11.5 Å². The van der Waals surface area contributed by atoms with Gasteiger partial charge in [0.2, 0.25) is 0 Å². The number of anilines is 1. The Labute approximate surface area is 116 Å². The molecule has 7 heteroatoms. The molecule has 1 amide bonds. The SMILES string of the molecule is Nc1cc(C(=O)NCC2CCCCC2)c([N+](=O)[O-])cn1. The van der Waals surface area contributed by atoms with Crippen LogP contribution in [0.3, 0.4) is 0 Å². The summed E-state index contributed by atoms with van der Waals surface area (Å²) < 4.78 is 0. The molecule has 108 valence electrons. The summed E-state index contributed by atoms with van der Waals surface area (Å²) in [7, 11) is 0. The van der Waals surface area contributed by atoms with Crippen LogP contribution in [0.2, 0.25) is 0 Å². The van der Waals surface area contributed by atoms with Gasteiger partial charge in [0, 0.05) is 6.54 Å². The lowest BCUT2D eigenvalue weighted by atomic mass is 9.89. The Morgan fingerprint density at radius 3 is 2.80 bits per heavy atom. The first-order chi connectivity index (χ1) is 9.58. The van der Waals surface area contributed by atoms with E-state index in [1.165, 1.54) is 25.3 Å². The minimum atomic E-state index is -0.623.